The normalized spacial score (nSPS) is 31.8. The van der Waals surface area contributed by atoms with Gasteiger partial charge in [0, 0.05) is 0 Å². The number of ketones is 1. The number of fused-ring (bicyclic) bond motifs is 2. The fourth-order valence-electron chi connectivity index (χ4n) is 5.15. The number of carbonyl (C=O) groups excluding carboxylic acids is 2. The van der Waals surface area contributed by atoms with Gasteiger partial charge < -0.3 is 0 Å². The summed E-state index contributed by atoms with van der Waals surface area (Å²) in [5.74, 6) is 1.17. The van der Waals surface area contributed by atoms with Crippen LogP contribution in [0.2, 0.25) is 9.63 Å². The maximum absolute atomic E-state index is 13.3. The van der Waals surface area contributed by atoms with E-state index in [-0.39, 0.29) is 42.6 Å². The van der Waals surface area contributed by atoms with E-state index in [9.17, 15) is 9.59 Å². The molecule has 2 saturated carbocycles. The van der Waals surface area contributed by atoms with Gasteiger partial charge in [-0.15, -0.1) is 0 Å². The summed E-state index contributed by atoms with van der Waals surface area (Å²) in [6.07, 6.45) is 9.16. The number of hydrogen-bond donors (Lipinski definition) is 1. The van der Waals surface area contributed by atoms with Crippen LogP contribution in [0.1, 0.15) is 92.9 Å². The third-order valence-corrected chi connectivity index (χ3v) is 11.0. The third kappa shape index (κ3) is 4.07. The van der Waals surface area contributed by atoms with E-state index in [2.05, 4.69) is 39.9 Å². The summed E-state index contributed by atoms with van der Waals surface area (Å²) in [4.78, 5) is 25.9. The molecule has 0 heterocycles. The predicted molar refractivity (Wildman–Crippen MR) is 110 cm³/mol. The fourth-order valence-corrected chi connectivity index (χ4v) is 9.61. The number of hydrogen-bond acceptors (Lipinski definition) is 2. The topological polar surface area (TPSA) is 46.2 Å². The van der Waals surface area contributed by atoms with Gasteiger partial charge in [0.2, 0.25) is 0 Å². The fraction of sp³-hybridized carbons (Fsp3) is 0.909. The number of Topliss-reactive ketones (excluding diaryl/α,β-unsaturated/α-hetero) is 1. The first-order valence-corrected chi connectivity index (χ1v) is 12.6. The summed E-state index contributed by atoms with van der Waals surface area (Å²) in [6, 6.07) is 0.252. The van der Waals surface area contributed by atoms with Crippen molar-refractivity contribution in [3.63, 3.8) is 0 Å². The molecular formula is C22H39NO2Se. The van der Waals surface area contributed by atoms with Crippen LogP contribution in [-0.4, -0.2) is 32.7 Å². The summed E-state index contributed by atoms with van der Waals surface area (Å²) in [6.45, 7) is 12.9. The molecule has 2 aliphatic carbocycles. The molecule has 5 atom stereocenters. The van der Waals surface area contributed by atoms with Gasteiger partial charge in [-0.05, 0) is 0 Å². The Morgan fingerprint density at radius 3 is 2.31 bits per heavy atom. The molecule has 2 fully saturated rings. The molecule has 1 amide bonds. The Morgan fingerprint density at radius 1 is 1.19 bits per heavy atom. The molecule has 2 rings (SSSR count). The van der Waals surface area contributed by atoms with E-state index in [0.29, 0.717) is 16.5 Å². The zero-order chi connectivity index (χ0) is 19.5. The number of carbonyl (C=O) groups is 2. The molecule has 0 radical (unpaired) electrons. The monoisotopic (exact) mass is 429 g/mol. The molecule has 2 aliphatic rings. The van der Waals surface area contributed by atoms with Gasteiger partial charge in [0.05, 0.1) is 0 Å². The minimum absolute atomic E-state index is 0.0787. The molecule has 3 nitrogen and oxygen atoms in total. The summed E-state index contributed by atoms with van der Waals surface area (Å²) in [5, 5.41) is 3.25. The van der Waals surface area contributed by atoms with Crippen molar-refractivity contribution >= 4 is 26.6 Å². The summed E-state index contributed by atoms with van der Waals surface area (Å²) < 4.78 is 0. The van der Waals surface area contributed by atoms with Crippen LogP contribution in [0.25, 0.3) is 0 Å². The van der Waals surface area contributed by atoms with E-state index in [1.807, 2.05) is 0 Å². The van der Waals surface area contributed by atoms with Gasteiger partial charge in [-0.2, -0.15) is 0 Å². The van der Waals surface area contributed by atoms with E-state index < -0.39 is 0 Å². The van der Waals surface area contributed by atoms with Crippen molar-refractivity contribution < 1.29 is 9.59 Å². The van der Waals surface area contributed by atoms with E-state index in [1.165, 1.54) is 19.3 Å². The van der Waals surface area contributed by atoms with Gasteiger partial charge in [0.25, 0.3) is 0 Å². The van der Waals surface area contributed by atoms with E-state index in [0.717, 1.165) is 32.1 Å². The van der Waals surface area contributed by atoms with Gasteiger partial charge in [-0.3, -0.25) is 0 Å². The SMILES string of the molecule is CCCC[C@H]([Se]C1C(=O)C2(C)CCC1C2(C)C)[C@@H](CCCC)NC(C)=O. The van der Waals surface area contributed by atoms with Crippen LogP contribution in [0.5, 0.6) is 0 Å². The first-order valence-electron chi connectivity index (χ1n) is 10.7. The summed E-state index contributed by atoms with van der Waals surface area (Å²) in [7, 11) is 0. The van der Waals surface area contributed by atoms with Crippen LogP contribution in [0, 0.1) is 16.7 Å². The molecule has 0 aliphatic heterocycles. The number of unbranched alkanes of at least 4 members (excludes halogenated alkanes) is 2. The molecule has 2 bridgehead atoms. The average Bonchev–Trinajstić information content (AvgIpc) is 2.88. The van der Waals surface area contributed by atoms with E-state index in [1.54, 1.807) is 6.92 Å². The Bertz CT molecular complexity index is 518. The van der Waals surface area contributed by atoms with E-state index in [4.69, 9.17) is 0 Å². The van der Waals surface area contributed by atoms with Gasteiger partial charge in [-0.1, -0.05) is 0 Å². The Hall–Kier alpha value is -0.341. The Kier molecular flexibility index (Phi) is 7.41. The van der Waals surface area contributed by atoms with Gasteiger partial charge in [0.15, 0.2) is 0 Å². The second-order valence-electron chi connectivity index (χ2n) is 9.25. The second kappa shape index (κ2) is 8.78. The van der Waals surface area contributed by atoms with Crippen LogP contribution >= 0.6 is 0 Å². The van der Waals surface area contributed by atoms with Crippen molar-refractivity contribution in [2.24, 2.45) is 16.7 Å². The molecule has 0 aromatic heterocycles. The molecule has 4 heteroatoms. The van der Waals surface area contributed by atoms with Crippen LogP contribution < -0.4 is 5.32 Å². The number of nitrogens with one attached hydrogen (secondary N) is 1. The molecule has 150 valence electrons. The van der Waals surface area contributed by atoms with E-state index >= 15 is 0 Å². The second-order valence-corrected chi connectivity index (χ2v) is 12.2. The summed E-state index contributed by atoms with van der Waals surface area (Å²) in [5.41, 5.74) is 0.0189. The minimum atomic E-state index is -0.119. The van der Waals surface area contributed by atoms with Crippen LogP contribution in [0.4, 0.5) is 0 Å². The van der Waals surface area contributed by atoms with Crippen molar-refractivity contribution in [3.05, 3.63) is 0 Å². The zero-order valence-corrected chi connectivity index (χ0v) is 19.4. The van der Waals surface area contributed by atoms with Crippen molar-refractivity contribution in [3.8, 4) is 0 Å². The third-order valence-electron chi connectivity index (χ3n) is 7.34. The van der Waals surface area contributed by atoms with Gasteiger partial charge in [0.1, 0.15) is 0 Å². The molecule has 26 heavy (non-hydrogen) atoms. The van der Waals surface area contributed by atoms with Gasteiger partial charge >= 0.3 is 167 Å². The van der Waals surface area contributed by atoms with Crippen molar-refractivity contribution in [1.82, 2.24) is 5.32 Å². The molecule has 0 saturated heterocycles. The van der Waals surface area contributed by atoms with Crippen LogP contribution in [0.3, 0.4) is 0 Å². The van der Waals surface area contributed by atoms with Crippen LogP contribution in [0.15, 0.2) is 0 Å². The molecule has 1 N–H and O–H groups in total. The van der Waals surface area contributed by atoms with Crippen molar-refractivity contribution in [1.29, 1.82) is 0 Å². The Labute approximate surface area is 167 Å². The molecule has 0 spiro atoms. The predicted octanol–water partition coefficient (Wildman–Crippen LogP) is 5.18. The molecule has 0 aromatic carbocycles. The zero-order valence-electron chi connectivity index (χ0n) is 17.7. The van der Waals surface area contributed by atoms with Crippen molar-refractivity contribution in [2.75, 3.05) is 0 Å². The summed E-state index contributed by atoms with van der Waals surface area (Å²) >= 11 is 0.271. The van der Waals surface area contributed by atoms with Gasteiger partial charge in [-0.25, -0.2) is 0 Å². The Morgan fingerprint density at radius 2 is 1.81 bits per heavy atom. The average molecular weight is 429 g/mol. The first-order chi connectivity index (χ1) is 12.2. The number of rotatable bonds is 10. The number of amides is 1. The standard InChI is InChI=1S/C22H39NO2Se/c1-7-9-11-17(23-15(3)24)18(12-10-8-2)26-19-16-13-14-22(6,20(19)25)21(16,4)5/h16-19H,7-14H2,1-6H3,(H,23,24)/t16?,17-,18+,19?,22?/m1/s1. The quantitative estimate of drug-likeness (QED) is 0.488. The van der Waals surface area contributed by atoms with Crippen LogP contribution in [-0.2, 0) is 9.59 Å². The van der Waals surface area contributed by atoms with Crippen molar-refractivity contribution in [2.45, 2.75) is 109 Å². The molecule has 3 unspecified atom stereocenters. The molecule has 0 aromatic rings. The Balaban J connectivity index is 2.18. The maximum atomic E-state index is 13.3. The first kappa shape index (κ1) is 22.0. The molecular weight excluding hydrogens is 389 g/mol.